The fraction of sp³-hybridized carbons (Fsp3) is 0.348. The van der Waals surface area contributed by atoms with Gasteiger partial charge in [0.2, 0.25) is 0 Å². The zero-order valence-electron chi connectivity index (χ0n) is 15.6. The summed E-state index contributed by atoms with van der Waals surface area (Å²) in [6.45, 7) is 3.05. The lowest BCUT2D eigenvalue weighted by atomic mass is 9.93. The molecule has 1 aromatic heterocycles. The molecule has 1 aliphatic carbocycles. The maximum absolute atomic E-state index is 4.17. The standard InChI is InChI=1S/C23H26N4/c1-2-4-23-19(3-1)11-12-27(23)16-18-7-5-17(6-8-18)14-24-21-10-9-20-15-25-26-22(20)13-21/h1-8,15,21,24H,9-14,16H2,(H,25,26). The molecule has 0 saturated heterocycles. The van der Waals surface area contributed by atoms with Crippen molar-refractivity contribution < 1.29 is 0 Å². The molecule has 1 aliphatic heterocycles. The van der Waals surface area contributed by atoms with Crippen molar-refractivity contribution in [2.75, 3.05) is 11.4 Å². The number of aryl methyl sites for hydroxylation is 1. The highest BCUT2D eigenvalue weighted by Gasteiger charge is 2.20. The maximum Gasteiger partial charge on any atom is 0.0522 e. The van der Waals surface area contributed by atoms with Crippen LogP contribution in [0.4, 0.5) is 5.69 Å². The van der Waals surface area contributed by atoms with Crippen molar-refractivity contribution >= 4 is 5.69 Å². The Balaban J connectivity index is 1.17. The maximum atomic E-state index is 4.17. The molecule has 0 spiro atoms. The average molecular weight is 358 g/mol. The summed E-state index contributed by atoms with van der Waals surface area (Å²) in [7, 11) is 0. The van der Waals surface area contributed by atoms with Gasteiger partial charge in [0.05, 0.1) is 6.20 Å². The molecular formula is C23H26N4. The molecule has 3 aromatic rings. The summed E-state index contributed by atoms with van der Waals surface area (Å²) in [5.74, 6) is 0. The Hall–Kier alpha value is -2.59. The van der Waals surface area contributed by atoms with E-state index >= 15 is 0 Å². The number of rotatable bonds is 5. The van der Waals surface area contributed by atoms with Gasteiger partial charge in [-0.1, -0.05) is 42.5 Å². The molecule has 0 bridgehead atoms. The van der Waals surface area contributed by atoms with Gasteiger partial charge in [-0.05, 0) is 47.6 Å². The van der Waals surface area contributed by atoms with Crippen molar-refractivity contribution in [1.82, 2.24) is 15.5 Å². The molecule has 0 saturated carbocycles. The lowest BCUT2D eigenvalue weighted by molar-refractivity contribution is 0.454. The third kappa shape index (κ3) is 3.50. The van der Waals surface area contributed by atoms with Crippen molar-refractivity contribution in [2.45, 2.75) is 44.8 Å². The minimum absolute atomic E-state index is 0.540. The van der Waals surface area contributed by atoms with Crippen LogP contribution in [-0.4, -0.2) is 22.8 Å². The van der Waals surface area contributed by atoms with Crippen LogP contribution in [0.5, 0.6) is 0 Å². The van der Waals surface area contributed by atoms with E-state index in [9.17, 15) is 0 Å². The minimum Gasteiger partial charge on any atom is -0.367 e. The van der Waals surface area contributed by atoms with E-state index in [0.29, 0.717) is 6.04 Å². The molecule has 2 aliphatic rings. The Morgan fingerprint density at radius 3 is 2.78 bits per heavy atom. The summed E-state index contributed by atoms with van der Waals surface area (Å²) in [6, 6.07) is 18.4. The van der Waals surface area contributed by atoms with Crippen LogP contribution in [0.3, 0.4) is 0 Å². The molecule has 0 radical (unpaired) electrons. The molecule has 5 rings (SSSR count). The van der Waals surface area contributed by atoms with E-state index in [0.717, 1.165) is 38.9 Å². The molecule has 4 nitrogen and oxygen atoms in total. The molecule has 4 heteroatoms. The molecular weight excluding hydrogens is 332 g/mol. The average Bonchev–Trinajstić information content (AvgIpc) is 3.34. The van der Waals surface area contributed by atoms with Crippen LogP contribution < -0.4 is 10.2 Å². The van der Waals surface area contributed by atoms with Gasteiger partial charge in [-0.25, -0.2) is 0 Å². The highest BCUT2D eigenvalue weighted by molar-refractivity contribution is 5.58. The Labute approximate surface area is 160 Å². The Bertz CT molecular complexity index is 912. The zero-order chi connectivity index (χ0) is 18.1. The van der Waals surface area contributed by atoms with E-state index in [1.165, 1.54) is 40.1 Å². The van der Waals surface area contributed by atoms with Gasteiger partial charge in [-0.3, -0.25) is 5.10 Å². The number of benzene rings is 2. The SMILES string of the molecule is c1ccc2c(c1)CCN2Cc1ccc(CNC2CCc3cn[nH]c3C2)cc1. The normalized spacial score (nSPS) is 18.4. The van der Waals surface area contributed by atoms with Gasteiger partial charge in [-0.15, -0.1) is 0 Å². The van der Waals surface area contributed by atoms with Crippen LogP contribution in [0.15, 0.2) is 54.7 Å². The number of nitrogens with zero attached hydrogens (tertiary/aromatic N) is 2. The van der Waals surface area contributed by atoms with Crippen molar-refractivity contribution in [1.29, 1.82) is 0 Å². The first-order valence-electron chi connectivity index (χ1n) is 10.0. The van der Waals surface area contributed by atoms with Crippen LogP contribution in [0, 0.1) is 0 Å². The lowest BCUT2D eigenvalue weighted by Crippen LogP contribution is -2.34. The molecule has 27 heavy (non-hydrogen) atoms. The monoisotopic (exact) mass is 358 g/mol. The summed E-state index contributed by atoms with van der Waals surface area (Å²) >= 11 is 0. The zero-order valence-corrected chi connectivity index (χ0v) is 15.6. The largest absolute Gasteiger partial charge is 0.367 e. The van der Waals surface area contributed by atoms with Crippen molar-refractivity contribution in [3.05, 3.63) is 82.7 Å². The van der Waals surface area contributed by atoms with E-state index in [2.05, 4.69) is 68.9 Å². The third-order valence-corrected chi connectivity index (χ3v) is 5.99. The number of aromatic nitrogens is 2. The highest BCUT2D eigenvalue weighted by atomic mass is 15.1. The molecule has 2 heterocycles. The number of anilines is 1. The van der Waals surface area contributed by atoms with E-state index in [1.54, 1.807) is 0 Å². The number of H-pyrrole nitrogens is 1. The number of para-hydroxylation sites is 1. The highest BCUT2D eigenvalue weighted by Crippen LogP contribution is 2.28. The lowest BCUT2D eigenvalue weighted by Gasteiger charge is -2.23. The van der Waals surface area contributed by atoms with E-state index in [4.69, 9.17) is 0 Å². The summed E-state index contributed by atoms with van der Waals surface area (Å²) in [5, 5.41) is 11.0. The second kappa shape index (κ2) is 7.20. The Morgan fingerprint density at radius 1 is 1.00 bits per heavy atom. The van der Waals surface area contributed by atoms with E-state index < -0.39 is 0 Å². The predicted octanol–water partition coefficient (Wildman–Crippen LogP) is 3.62. The second-order valence-corrected chi connectivity index (χ2v) is 7.81. The van der Waals surface area contributed by atoms with Gasteiger partial charge >= 0.3 is 0 Å². The van der Waals surface area contributed by atoms with Crippen molar-refractivity contribution in [2.24, 2.45) is 0 Å². The van der Waals surface area contributed by atoms with Crippen LogP contribution in [0.25, 0.3) is 0 Å². The van der Waals surface area contributed by atoms with Crippen LogP contribution in [0.1, 0.15) is 34.4 Å². The number of fused-ring (bicyclic) bond motifs is 2. The fourth-order valence-electron chi connectivity index (χ4n) is 4.40. The van der Waals surface area contributed by atoms with Crippen LogP contribution in [0.2, 0.25) is 0 Å². The van der Waals surface area contributed by atoms with Gasteiger partial charge < -0.3 is 10.2 Å². The van der Waals surface area contributed by atoms with Gasteiger partial charge in [0.15, 0.2) is 0 Å². The molecule has 2 aromatic carbocycles. The second-order valence-electron chi connectivity index (χ2n) is 7.81. The van der Waals surface area contributed by atoms with Crippen molar-refractivity contribution in [3.63, 3.8) is 0 Å². The number of hydrogen-bond acceptors (Lipinski definition) is 3. The molecule has 0 amide bonds. The number of nitrogens with one attached hydrogen (secondary N) is 2. The molecule has 1 unspecified atom stereocenters. The number of aromatic amines is 1. The summed E-state index contributed by atoms with van der Waals surface area (Å²) < 4.78 is 0. The fourth-order valence-corrected chi connectivity index (χ4v) is 4.40. The molecule has 1 atom stereocenters. The van der Waals surface area contributed by atoms with E-state index in [1.807, 2.05) is 6.20 Å². The van der Waals surface area contributed by atoms with Gasteiger partial charge in [0, 0.05) is 43.5 Å². The van der Waals surface area contributed by atoms with Crippen LogP contribution >= 0.6 is 0 Å². The molecule has 138 valence electrons. The first-order valence-corrected chi connectivity index (χ1v) is 10.0. The topological polar surface area (TPSA) is 44.0 Å². The minimum atomic E-state index is 0.540. The molecule has 2 N–H and O–H groups in total. The molecule has 0 fully saturated rings. The predicted molar refractivity (Wildman–Crippen MR) is 109 cm³/mol. The summed E-state index contributed by atoms with van der Waals surface area (Å²) in [5.41, 5.74) is 8.32. The first kappa shape index (κ1) is 16.6. The quantitative estimate of drug-likeness (QED) is 0.732. The number of hydrogen-bond donors (Lipinski definition) is 2. The van der Waals surface area contributed by atoms with Crippen molar-refractivity contribution in [3.8, 4) is 0 Å². The summed E-state index contributed by atoms with van der Waals surface area (Å²) in [4.78, 5) is 2.49. The van der Waals surface area contributed by atoms with Gasteiger partial charge in [0.25, 0.3) is 0 Å². The Morgan fingerprint density at radius 2 is 1.85 bits per heavy atom. The van der Waals surface area contributed by atoms with Gasteiger partial charge in [0.1, 0.15) is 0 Å². The summed E-state index contributed by atoms with van der Waals surface area (Å²) in [6.07, 6.45) is 6.52. The van der Waals surface area contributed by atoms with E-state index in [-0.39, 0.29) is 0 Å². The van der Waals surface area contributed by atoms with Gasteiger partial charge in [-0.2, -0.15) is 5.10 Å². The smallest absolute Gasteiger partial charge is 0.0522 e. The van der Waals surface area contributed by atoms with Crippen LogP contribution in [-0.2, 0) is 32.4 Å². The Kier molecular flexibility index (Phi) is 4.42. The first-order chi connectivity index (χ1) is 13.3. The third-order valence-electron chi connectivity index (χ3n) is 5.99.